The topological polar surface area (TPSA) is 102 Å². The van der Waals surface area contributed by atoms with Gasteiger partial charge in [0.05, 0.1) is 12.3 Å². The highest BCUT2D eigenvalue weighted by atomic mass is 16.5. The van der Waals surface area contributed by atoms with Gasteiger partial charge < -0.3 is 20.9 Å². The Labute approximate surface area is 105 Å². The number of hydrogen-bond acceptors (Lipinski definition) is 5. The molecule has 0 radical (unpaired) electrons. The molecule has 0 aromatic heterocycles. The highest BCUT2D eigenvalue weighted by molar-refractivity contribution is 6.08. The molecule has 98 valence electrons. The maximum Gasteiger partial charge on any atom is 0.332 e. The van der Waals surface area contributed by atoms with Crippen LogP contribution in [0.3, 0.4) is 0 Å². The van der Waals surface area contributed by atoms with Crippen LogP contribution in [0.4, 0.5) is 5.69 Å². The number of benzene rings is 1. The number of carbonyl (C=O) groups excluding carboxylic acids is 2. The predicted molar refractivity (Wildman–Crippen MR) is 66.1 cm³/mol. The Morgan fingerprint density at radius 3 is 2.78 bits per heavy atom. The summed E-state index contributed by atoms with van der Waals surface area (Å²) in [6, 6.07) is 3.46. The Balaban J connectivity index is 2.75. The largest absolute Gasteiger partial charge is 0.505 e. The van der Waals surface area contributed by atoms with Crippen molar-refractivity contribution < 1.29 is 19.4 Å². The van der Waals surface area contributed by atoms with E-state index in [2.05, 4.69) is 10.1 Å². The second-order valence-electron chi connectivity index (χ2n) is 3.69. The first-order valence-electron chi connectivity index (χ1n) is 5.49. The van der Waals surface area contributed by atoms with E-state index in [-0.39, 0.29) is 18.0 Å². The van der Waals surface area contributed by atoms with E-state index in [1.54, 1.807) is 26.0 Å². The lowest BCUT2D eigenvalue weighted by Crippen LogP contribution is -2.43. The Bertz CT molecular complexity index is 459. The average Bonchev–Trinajstić information content (AvgIpc) is 2.34. The highest BCUT2D eigenvalue weighted by Crippen LogP contribution is 2.26. The van der Waals surface area contributed by atoms with Gasteiger partial charge in [-0.05, 0) is 25.5 Å². The lowest BCUT2D eigenvalue weighted by atomic mass is 10.2. The summed E-state index contributed by atoms with van der Waals surface area (Å²) in [5, 5.41) is 12.1. The molecule has 0 spiro atoms. The molecule has 0 saturated heterocycles. The number of hydrogen-bond donors (Lipinski definition) is 3. The summed E-state index contributed by atoms with van der Waals surface area (Å²) in [7, 11) is 0. The van der Waals surface area contributed by atoms with Crippen LogP contribution >= 0.6 is 0 Å². The fourth-order valence-electron chi connectivity index (χ4n) is 1.31. The van der Waals surface area contributed by atoms with Crippen LogP contribution in [0.25, 0.3) is 0 Å². The second kappa shape index (κ2) is 6.02. The normalized spacial score (nSPS) is 11.7. The molecule has 6 heteroatoms. The van der Waals surface area contributed by atoms with E-state index >= 15 is 0 Å². The summed E-state index contributed by atoms with van der Waals surface area (Å²) in [6.07, 6.45) is 0. The molecule has 0 aliphatic carbocycles. The molecular weight excluding hydrogens is 236 g/mol. The number of amides is 1. The van der Waals surface area contributed by atoms with E-state index in [1.807, 2.05) is 0 Å². The van der Waals surface area contributed by atoms with Gasteiger partial charge in [-0.2, -0.15) is 0 Å². The first-order valence-corrected chi connectivity index (χ1v) is 5.49. The molecule has 1 atom stereocenters. The molecule has 1 amide bonds. The van der Waals surface area contributed by atoms with E-state index in [0.717, 1.165) is 0 Å². The predicted octanol–water partition coefficient (Wildman–Crippen LogP) is 0.530. The van der Waals surface area contributed by atoms with E-state index in [0.29, 0.717) is 5.56 Å². The smallest absolute Gasteiger partial charge is 0.332 e. The molecule has 0 fully saturated rings. The molecule has 1 aromatic rings. The van der Waals surface area contributed by atoms with Crippen molar-refractivity contribution in [1.82, 2.24) is 0 Å². The Kier molecular flexibility index (Phi) is 4.67. The highest BCUT2D eigenvalue weighted by Gasteiger charge is 2.24. The summed E-state index contributed by atoms with van der Waals surface area (Å²) < 4.78 is 4.63. The van der Waals surface area contributed by atoms with E-state index in [1.165, 1.54) is 6.07 Å². The third-order valence-electron chi connectivity index (χ3n) is 2.32. The minimum Gasteiger partial charge on any atom is -0.505 e. The van der Waals surface area contributed by atoms with Gasteiger partial charge in [-0.25, -0.2) is 4.79 Å². The third kappa shape index (κ3) is 3.21. The van der Waals surface area contributed by atoms with Crippen LogP contribution in [0.2, 0.25) is 0 Å². The van der Waals surface area contributed by atoms with Crippen molar-refractivity contribution in [1.29, 1.82) is 0 Å². The maximum absolute atomic E-state index is 11.6. The number of nitrogens with two attached hydrogens (primary N) is 1. The second-order valence-corrected chi connectivity index (χ2v) is 3.69. The average molecular weight is 252 g/mol. The molecule has 0 saturated carbocycles. The zero-order valence-corrected chi connectivity index (χ0v) is 10.3. The zero-order valence-electron chi connectivity index (χ0n) is 10.3. The lowest BCUT2D eigenvalue weighted by molar-refractivity contribution is -0.146. The van der Waals surface area contributed by atoms with Crippen LogP contribution < -0.4 is 11.1 Å². The third-order valence-corrected chi connectivity index (χ3v) is 2.32. The number of phenolic OH excluding ortho intramolecular Hbond substituents is 1. The summed E-state index contributed by atoms with van der Waals surface area (Å²) in [6.45, 7) is 3.46. The van der Waals surface area contributed by atoms with Gasteiger partial charge in [-0.3, -0.25) is 4.79 Å². The van der Waals surface area contributed by atoms with Gasteiger partial charge in [0.25, 0.3) is 5.91 Å². The molecular formula is C12H16N2O4. The van der Waals surface area contributed by atoms with Crippen molar-refractivity contribution in [2.75, 3.05) is 11.9 Å². The van der Waals surface area contributed by atoms with Crippen molar-refractivity contribution in [2.45, 2.75) is 19.9 Å². The number of anilines is 1. The first-order chi connectivity index (χ1) is 8.47. The van der Waals surface area contributed by atoms with Gasteiger partial charge in [0.15, 0.2) is 6.04 Å². The Morgan fingerprint density at radius 1 is 1.50 bits per heavy atom. The van der Waals surface area contributed by atoms with Crippen LogP contribution in [-0.4, -0.2) is 29.6 Å². The van der Waals surface area contributed by atoms with Gasteiger partial charge in [0, 0.05) is 0 Å². The van der Waals surface area contributed by atoms with Gasteiger partial charge >= 0.3 is 5.97 Å². The minimum atomic E-state index is -1.41. The number of aromatic hydroxyl groups is 1. The van der Waals surface area contributed by atoms with Gasteiger partial charge in [0.1, 0.15) is 5.75 Å². The molecule has 1 rings (SSSR count). The molecule has 1 aromatic carbocycles. The summed E-state index contributed by atoms with van der Waals surface area (Å²) in [5.74, 6) is -1.58. The van der Waals surface area contributed by atoms with E-state index < -0.39 is 17.9 Å². The van der Waals surface area contributed by atoms with Crippen molar-refractivity contribution in [3.63, 3.8) is 0 Å². The standard InChI is InChI=1S/C12H16N2O4/c1-3-18-12(17)9(13)11(16)14-8-6-4-5-7(2)10(8)15/h4-6,9,15H,3,13H2,1-2H3,(H,14,16). The van der Waals surface area contributed by atoms with Crippen molar-refractivity contribution >= 4 is 17.6 Å². The molecule has 6 nitrogen and oxygen atoms in total. The maximum atomic E-state index is 11.6. The fraction of sp³-hybridized carbons (Fsp3) is 0.333. The van der Waals surface area contributed by atoms with Crippen molar-refractivity contribution in [2.24, 2.45) is 5.73 Å². The number of phenols is 1. The number of para-hydroxylation sites is 1. The number of aryl methyl sites for hydroxylation is 1. The SMILES string of the molecule is CCOC(=O)C(N)C(=O)Nc1cccc(C)c1O. The monoisotopic (exact) mass is 252 g/mol. The van der Waals surface area contributed by atoms with E-state index in [9.17, 15) is 14.7 Å². The number of nitrogens with one attached hydrogen (secondary N) is 1. The van der Waals surface area contributed by atoms with Gasteiger partial charge in [0.2, 0.25) is 0 Å². The van der Waals surface area contributed by atoms with E-state index in [4.69, 9.17) is 5.73 Å². The van der Waals surface area contributed by atoms with Gasteiger partial charge in [-0.15, -0.1) is 0 Å². The molecule has 4 N–H and O–H groups in total. The number of rotatable bonds is 4. The number of ether oxygens (including phenoxy) is 1. The van der Waals surface area contributed by atoms with Crippen molar-refractivity contribution in [3.8, 4) is 5.75 Å². The molecule has 1 unspecified atom stereocenters. The van der Waals surface area contributed by atoms with Crippen LogP contribution in [0, 0.1) is 6.92 Å². The summed E-state index contributed by atoms with van der Waals surface area (Å²) in [4.78, 5) is 22.9. The first kappa shape index (κ1) is 14.0. The number of esters is 1. The molecule has 0 aliphatic rings. The summed E-state index contributed by atoms with van der Waals surface area (Å²) in [5.41, 5.74) is 6.23. The number of carbonyl (C=O) groups is 2. The molecule has 0 bridgehead atoms. The Hall–Kier alpha value is -2.08. The molecule has 18 heavy (non-hydrogen) atoms. The zero-order chi connectivity index (χ0) is 13.7. The van der Waals surface area contributed by atoms with Crippen LogP contribution in [0.5, 0.6) is 5.75 Å². The van der Waals surface area contributed by atoms with Crippen molar-refractivity contribution in [3.05, 3.63) is 23.8 Å². The molecule has 0 heterocycles. The molecule has 0 aliphatic heterocycles. The van der Waals surface area contributed by atoms with Gasteiger partial charge in [-0.1, -0.05) is 12.1 Å². The lowest BCUT2D eigenvalue weighted by Gasteiger charge is -2.12. The van der Waals surface area contributed by atoms with Crippen LogP contribution in [0.15, 0.2) is 18.2 Å². The quantitative estimate of drug-likeness (QED) is 0.412. The summed E-state index contributed by atoms with van der Waals surface area (Å²) >= 11 is 0. The minimum absolute atomic E-state index is 0.0538. The van der Waals surface area contributed by atoms with Crippen LogP contribution in [0.1, 0.15) is 12.5 Å². The Morgan fingerprint density at radius 2 is 2.17 bits per heavy atom. The van der Waals surface area contributed by atoms with Crippen LogP contribution in [-0.2, 0) is 14.3 Å². The fourth-order valence-corrected chi connectivity index (χ4v) is 1.31.